The van der Waals surface area contributed by atoms with Crippen molar-refractivity contribution in [3.63, 3.8) is 0 Å². The van der Waals surface area contributed by atoms with Gasteiger partial charge in [0.1, 0.15) is 0 Å². The third-order valence-corrected chi connectivity index (χ3v) is 7.38. The number of rotatable bonds is 6. The van der Waals surface area contributed by atoms with E-state index in [-0.39, 0.29) is 49.8 Å². The summed E-state index contributed by atoms with van der Waals surface area (Å²) in [5, 5.41) is 1.75. The topological polar surface area (TPSA) is 116 Å². The van der Waals surface area contributed by atoms with Crippen molar-refractivity contribution < 1.29 is 22.8 Å². The molecule has 0 saturated carbocycles. The number of carbonyl (C=O) groups is 3. The van der Waals surface area contributed by atoms with E-state index in [1.54, 1.807) is 52.7 Å². The van der Waals surface area contributed by atoms with E-state index < -0.39 is 21.8 Å². The van der Waals surface area contributed by atoms with Gasteiger partial charge in [-0.25, -0.2) is 8.42 Å². The van der Waals surface area contributed by atoms with Crippen LogP contribution in [0.3, 0.4) is 0 Å². The molecule has 160 valence electrons. The highest BCUT2D eigenvalue weighted by molar-refractivity contribution is 7.89. The summed E-state index contributed by atoms with van der Waals surface area (Å²) in [5.74, 6) is -1.12. The molecule has 0 atom stereocenters. The Kier molecular flexibility index (Phi) is 7.19. The summed E-state index contributed by atoms with van der Waals surface area (Å²) in [4.78, 5) is 38.2. The fourth-order valence-corrected chi connectivity index (χ4v) is 5.02. The van der Waals surface area contributed by atoms with E-state index in [0.29, 0.717) is 4.88 Å². The third kappa shape index (κ3) is 5.43. The average molecular weight is 451 g/mol. The predicted octanol–water partition coefficient (Wildman–Crippen LogP) is 0.822. The number of hydrazine groups is 1. The Morgan fingerprint density at radius 1 is 0.900 bits per heavy atom. The molecule has 2 heterocycles. The molecule has 1 aliphatic heterocycles. The molecule has 1 aromatic carbocycles. The number of benzene rings is 1. The van der Waals surface area contributed by atoms with Crippen LogP contribution >= 0.6 is 11.3 Å². The van der Waals surface area contributed by atoms with Crippen LogP contribution in [-0.2, 0) is 19.6 Å². The van der Waals surface area contributed by atoms with Crippen LogP contribution in [0.15, 0.2) is 52.7 Å². The first-order valence-corrected chi connectivity index (χ1v) is 11.7. The molecule has 0 radical (unpaired) electrons. The fourth-order valence-electron chi connectivity index (χ4n) is 2.96. The quantitative estimate of drug-likeness (QED) is 0.633. The highest BCUT2D eigenvalue weighted by Crippen LogP contribution is 2.17. The maximum absolute atomic E-state index is 12.6. The first-order chi connectivity index (χ1) is 14.4. The maximum atomic E-state index is 12.6. The summed E-state index contributed by atoms with van der Waals surface area (Å²) in [6.07, 6.45) is -0.0990. The number of amides is 3. The summed E-state index contributed by atoms with van der Waals surface area (Å²) < 4.78 is 26.6. The van der Waals surface area contributed by atoms with Crippen molar-refractivity contribution in [2.75, 3.05) is 26.2 Å². The van der Waals surface area contributed by atoms with E-state index in [2.05, 4.69) is 10.9 Å². The molecular weight excluding hydrogens is 428 g/mol. The molecule has 1 fully saturated rings. The van der Waals surface area contributed by atoms with Crippen LogP contribution in [-0.4, -0.2) is 61.5 Å². The molecule has 30 heavy (non-hydrogen) atoms. The lowest BCUT2D eigenvalue weighted by Gasteiger charge is -2.34. The van der Waals surface area contributed by atoms with Gasteiger partial charge < -0.3 is 4.90 Å². The van der Waals surface area contributed by atoms with Gasteiger partial charge in [0.2, 0.25) is 21.8 Å². The Hall–Kier alpha value is -2.76. The first kappa shape index (κ1) is 21.9. The second-order valence-electron chi connectivity index (χ2n) is 6.58. The van der Waals surface area contributed by atoms with Gasteiger partial charge in [-0.3, -0.25) is 25.2 Å². The number of nitrogens with zero attached hydrogens (tertiary/aromatic N) is 2. The highest BCUT2D eigenvalue weighted by atomic mass is 32.2. The molecule has 0 bridgehead atoms. The standard InChI is InChI=1S/C19H22N4O5S2/c24-17(20-21-19(26)16-7-4-14-29-16)8-9-18(25)22-10-12-23(13-11-22)30(27,28)15-5-2-1-3-6-15/h1-7,14H,8-13H2,(H,20,24)(H,21,26). The molecule has 9 nitrogen and oxygen atoms in total. The molecule has 0 spiro atoms. The Morgan fingerprint density at radius 3 is 2.23 bits per heavy atom. The number of nitrogens with one attached hydrogen (secondary N) is 2. The third-order valence-electron chi connectivity index (χ3n) is 4.60. The number of hydrogen-bond donors (Lipinski definition) is 2. The van der Waals surface area contributed by atoms with Gasteiger partial charge in [-0.2, -0.15) is 4.31 Å². The van der Waals surface area contributed by atoms with Crippen LogP contribution in [0, 0.1) is 0 Å². The van der Waals surface area contributed by atoms with E-state index in [1.165, 1.54) is 15.6 Å². The van der Waals surface area contributed by atoms with E-state index in [1.807, 2.05) is 0 Å². The van der Waals surface area contributed by atoms with E-state index in [9.17, 15) is 22.8 Å². The Bertz CT molecular complexity index is 985. The van der Waals surface area contributed by atoms with Crippen molar-refractivity contribution in [3.05, 3.63) is 52.7 Å². The van der Waals surface area contributed by atoms with E-state index in [0.717, 1.165) is 0 Å². The number of hydrogen-bond acceptors (Lipinski definition) is 6. The average Bonchev–Trinajstić information content (AvgIpc) is 3.31. The van der Waals surface area contributed by atoms with Crippen molar-refractivity contribution in [2.24, 2.45) is 0 Å². The number of piperazine rings is 1. The lowest BCUT2D eigenvalue weighted by molar-refractivity contribution is -0.134. The Morgan fingerprint density at radius 2 is 1.60 bits per heavy atom. The predicted molar refractivity (Wildman–Crippen MR) is 111 cm³/mol. The van der Waals surface area contributed by atoms with Gasteiger partial charge in [0.15, 0.2) is 0 Å². The van der Waals surface area contributed by atoms with Gasteiger partial charge in [-0.1, -0.05) is 24.3 Å². The fraction of sp³-hybridized carbons (Fsp3) is 0.316. The Balaban J connectivity index is 1.41. The van der Waals surface area contributed by atoms with Gasteiger partial charge in [0.05, 0.1) is 9.77 Å². The molecule has 1 aromatic heterocycles. The van der Waals surface area contributed by atoms with Crippen LogP contribution in [0.2, 0.25) is 0 Å². The molecule has 11 heteroatoms. The SMILES string of the molecule is O=C(CCC(=O)N1CCN(S(=O)(=O)c2ccccc2)CC1)NNC(=O)c1cccs1. The monoisotopic (exact) mass is 450 g/mol. The molecule has 2 aromatic rings. The molecule has 0 unspecified atom stereocenters. The molecular formula is C19H22N4O5S2. The summed E-state index contributed by atoms with van der Waals surface area (Å²) >= 11 is 1.25. The van der Waals surface area contributed by atoms with Crippen LogP contribution in [0.4, 0.5) is 0 Å². The zero-order valence-corrected chi connectivity index (χ0v) is 17.7. The molecule has 0 aliphatic carbocycles. The molecule has 3 amide bonds. The lowest BCUT2D eigenvalue weighted by Crippen LogP contribution is -2.50. The first-order valence-electron chi connectivity index (χ1n) is 9.33. The summed E-state index contributed by atoms with van der Waals surface area (Å²) in [5.41, 5.74) is 4.58. The number of carbonyl (C=O) groups excluding carboxylic acids is 3. The molecule has 1 aliphatic rings. The summed E-state index contributed by atoms with van der Waals surface area (Å²) in [6.45, 7) is 0.932. The minimum Gasteiger partial charge on any atom is -0.340 e. The summed E-state index contributed by atoms with van der Waals surface area (Å²) in [7, 11) is -3.58. The maximum Gasteiger partial charge on any atom is 0.279 e. The van der Waals surface area contributed by atoms with Crippen LogP contribution in [0.5, 0.6) is 0 Å². The molecule has 2 N–H and O–H groups in total. The lowest BCUT2D eigenvalue weighted by atomic mass is 10.2. The Labute approximate surface area is 178 Å². The zero-order chi connectivity index (χ0) is 21.6. The van der Waals surface area contributed by atoms with Crippen molar-refractivity contribution >= 4 is 39.1 Å². The molecule has 1 saturated heterocycles. The van der Waals surface area contributed by atoms with Gasteiger partial charge in [0, 0.05) is 39.0 Å². The smallest absolute Gasteiger partial charge is 0.279 e. The van der Waals surface area contributed by atoms with Gasteiger partial charge in [0.25, 0.3) is 5.91 Å². The normalized spacial score (nSPS) is 14.9. The van der Waals surface area contributed by atoms with Crippen molar-refractivity contribution in [2.45, 2.75) is 17.7 Å². The zero-order valence-electron chi connectivity index (χ0n) is 16.1. The van der Waals surface area contributed by atoms with E-state index in [4.69, 9.17) is 0 Å². The second kappa shape index (κ2) is 9.83. The van der Waals surface area contributed by atoms with Crippen LogP contribution in [0.25, 0.3) is 0 Å². The van der Waals surface area contributed by atoms with Crippen molar-refractivity contribution in [3.8, 4) is 0 Å². The largest absolute Gasteiger partial charge is 0.340 e. The van der Waals surface area contributed by atoms with Gasteiger partial charge in [-0.15, -0.1) is 11.3 Å². The van der Waals surface area contributed by atoms with Gasteiger partial charge in [-0.05, 0) is 23.6 Å². The molecule has 3 rings (SSSR count). The number of sulfonamides is 1. The number of thiophene rings is 1. The van der Waals surface area contributed by atoms with Gasteiger partial charge >= 0.3 is 0 Å². The van der Waals surface area contributed by atoms with Crippen LogP contribution in [0.1, 0.15) is 22.5 Å². The highest BCUT2D eigenvalue weighted by Gasteiger charge is 2.29. The van der Waals surface area contributed by atoms with Crippen LogP contribution < -0.4 is 10.9 Å². The second-order valence-corrected chi connectivity index (χ2v) is 9.46. The van der Waals surface area contributed by atoms with Crippen molar-refractivity contribution in [1.29, 1.82) is 0 Å². The minimum absolute atomic E-state index is 0.0217. The van der Waals surface area contributed by atoms with E-state index >= 15 is 0 Å². The van der Waals surface area contributed by atoms with Crippen molar-refractivity contribution in [1.82, 2.24) is 20.1 Å². The minimum atomic E-state index is -3.58. The summed E-state index contributed by atoms with van der Waals surface area (Å²) in [6, 6.07) is 11.5.